The molecule has 0 aromatic heterocycles. The van der Waals surface area contributed by atoms with Gasteiger partial charge < -0.3 is 4.74 Å². The lowest BCUT2D eigenvalue weighted by Gasteiger charge is -1.99. The molecule has 0 aliphatic heterocycles. The molecule has 0 bridgehead atoms. The molecule has 0 fully saturated rings. The fraction of sp³-hybridized carbons (Fsp3) is 0.833. The van der Waals surface area contributed by atoms with E-state index in [-0.39, 0.29) is 5.97 Å². The Morgan fingerprint density at radius 3 is 2.50 bits per heavy atom. The van der Waals surface area contributed by atoms with Crippen LogP contribution in [0.2, 0.25) is 0 Å². The summed E-state index contributed by atoms with van der Waals surface area (Å²) in [5.41, 5.74) is 0. The van der Waals surface area contributed by atoms with Crippen LogP contribution < -0.4 is 0 Å². The maximum Gasteiger partial charge on any atom is 0.316 e. The molecule has 4 heteroatoms. The molecule has 0 aliphatic rings. The zero-order valence-electron chi connectivity index (χ0n) is 5.61. The van der Waals surface area contributed by atoms with E-state index in [1.165, 1.54) is 0 Å². The number of carbonyl (C=O) groups excluding carboxylic acids is 1. The van der Waals surface area contributed by atoms with Gasteiger partial charge in [0.25, 0.3) is 0 Å². The molecule has 0 rings (SSSR count). The van der Waals surface area contributed by atoms with E-state index in [2.05, 4.69) is 31.9 Å². The monoisotopic (exact) mass is 272 g/mol. The summed E-state index contributed by atoms with van der Waals surface area (Å²) in [6.07, 6.45) is 1.99. The number of alkyl halides is 2. The maximum atomic E-state index is 10.5. The van der Waals surface area contributed by atoms with Crippen LogP contribution in [0, 0.1) is 0 Å². The molecule has 10 heavy (non-hydrogen) atoms. The molecular formula is C6H10Br2O2. The van der Waals surface area contributed by atoms with Crippen LogP contribution in [0.4, 0.5) is 0 Å². The molecule has 0 atom stereocenters. The number of rotatable bonds is 5. The Kier molecular flexibility index (Phi) is 7.86. The van der Waals surface area contributed by atoms with Gasteiger partial charge in [-0.25, -0.2) is 0 Å². The highest BCUT2D eigenvalue weighted by molar-refractivity contribution is 9.09. The van der Waals surface area contributed by atoms with Crippen LogP contribution in [0.15, 0.2) is 0 Å². The van der Waals surface area contributed by atoms with Crippen molar-refractivity contribution in [2.75, 3.05) is 17.3 Å². The fourth-order valence-corrected chi connectivity index (χ4v) is 0.980. The lowest BCUT2D eigenvalue weighted by atomic mass is 10.4. The largest absolute Gasteiger partial charge is 0.465 e. The molecule has 0 aromatic rings. The Morgan fingerprint density at radius 1 is 1.30 bits per heavy atom. The average molecular weight is 274 g/mol. The molecule has 0 N–H and O–H groups in total. The van der Waals surface area contributed by atoms with Gasteiger partial charge in [-0.3, -0.25) is 4.79 Å². The SMILES string of the molecule is O=C(CBr)OCCCCBr. The topological polar surface area (TPSA) is 26.3 Å². The van der Waals surface area contributed by atoms with Crippen LogP contribution in [0.5, 0.6) is 0 Å². The second-order valence-electron chi connectivity index (χ2n) is 1.75. The predicted octanol–water partition coefficient (Wildman–Crippen LogP) is 2.10. The third-order valence-corrected chi connectivity index (χ3v) is 1.92. The lowest BCUT2D eigenvalue weighted by molar-refractivity contribution is -0.140. The first-order chi connectivity index (χ1) is 4.81. The quantitative estimate of drug-likeness (QED) is 0.436. The van der Waals surface area contributed by atoms with Gasteiger partial charge in [-0.2, -0.15) is 0 Å². The van der Waals surface area contributed by atoms with Gasteiger partial charge in [0, 0.05) is 5.33 Å². The van der Waals surface area contributed by atoms with Gasteiger partial charge >= 0.3 is 5.97 Å². The number of halogens is 2. The summed E-state index contributed by atoms with van der Waals surface area (Å²) in [5, 5.41) is 1.26. The molecule has 2 nitrogen and oxygen atoms in total. The number of unbranched alkanes of at least 4 members (excludes halogenated alkanes) is 1. The van der Waals surface area contributed by atoms with Gasteiger partial charge in [-0.05, 0) is 12.8 Å². The standard InChI is InChI=1S/C6H10Br2O2/c7-3-1-2-4-10-6(9)5-8/h1-5H2. The fourth-order valence-electron chi connectivity index (χ4n) is 0.421. The Morgan fingerprint density at radius 2 is 2.00 bits per heavy atom. The van der Waals surface area contributed by atoms with E-state index in [0.29, 0.717) is 11.9 Å². The highest BCUT2D eigenvalue weighted by Gasteiger charge is 1.96. The summed E-state index contributed by atoms with van der Waals surface area (Å²) in [7, 11) is 0. The number of hydrogen-bond donors (Lipinski definition) is 0. The number of esters is 1. The molecule has 0 unspecified atom stereocenters. The van der Waals surface area contributed by atoms with Crippen LogP contribution in [0.3, 0.4) is 0 Å². The van der Waals surface area contributed by atoms with Gasteiger partial charge in [0.1, 0.15) is 5.33 Å². The van der Waals surface area contributed by atoms with Crippen molar-refractivity contribution in [3.05, 3.63) is 0 Å². The minimum absolute atomic E-state index is 0.186. The molecule has 0 aromatic carbocycles. The van der Waals surface area contributed by atoms with Crippen LogP contribution in [-0.4, -0.2) is 23.2 Å². The van der Waals surface area contributed by atoms with E-state index in [1.54, 1.807) is 0 Å². The van der Waals surface area contributed by atoms with E-state index in [4.69, 9.17) is 4.74 Å². The minimum Gasteiger partial charge on any atom is -0.465 e. The highest BCUT2D eigenvalue weighted by atomic mass is 79.9. The molecule has 0 radical (unpaired) electrons. The summed E-state index contributed by atoms with van der Waals surface area (Å²) in [4.78, 5) is 10.5. The van der Waals surface area contributed by atoms with Crippen molar-refractivity contribution in [2.24, 2.45) is 0 Å². The molecule has 0 saturated heterocycles. The molecular weight excluding hydrogens is 264 g/mol. The first-order valence-electron chi connectivity index (χ1n) is 3.08. The van der Waals surface area contributed by atoms with E-state index in [0.717, 1.165) is 18.2 Å². The first-order valence-corrected chi connectivity index (χ1v) is 5.33. The zero-order valence-corrected chi connectivity index (χ0v) is 8.78. The molecule has 0 amide bonds. The number of carbonyl (C=O) groups is 1. The van der Waals surface area contributed by atoms with Crippen LogP contribution in [0.25, 0.3) is 0 Å². The smallest absolute Gasteiger partial charge is 0.316 e. The third-order valence-electron chi connectivity index (χ3n) is 0.900. The number of ether oxygens (including phenoxy) is 1. The van der Waals surface area contributed by atoms with Crippen molar-refractivity contribution < 1.29 is 9.53 Å². The van der Waals surface area contributed by atoms with Crippen LogP contribution >= 0.6 is 31.9 Å². The van der Waals surface area contributed by atoms with Crippen molar-refractivity contribution in [1.82, 2.24) is 0 Å². The molecule has 0 saturated carbocycles. The van der Waals surface area contributed by atoms with E-state index in [1.807, 2.05) is 0 Å². The summed E-state index contributed by atoms with van der Waals surface area (Å²) >= 11 is 6.28. The Bertz CT molecular complexity index is 95.7. The van der Waals surface area contributed by atoms with Gasteiger partial charge in [0.05, 0.1) is 6.61 Å². The maximum absolute atomic E-state index is 10.5. The second-order valence-corrected chi connectivity index (χ2v) is 3.10. The van der Waals surface area contributed by atoms with Crippen molar-refractivity contribution in [2.45, 2.75) is 12.8 Å². The summed E-state index contributed by atoms with van der Waals surface area (Å²) in [6, 6.07) is 0. The third kappa shape index (κ3) is 6.55. The Hall–Kier alpha value is 0.430. The number of hydrogen-bond acceptors (Lipinski definition) is 2. The minimum atomic E-state index is -0.186. The van der Waals surface area contributed by atoms with E-state index in [9.17, 15) is 4.79 Å². The van der Waals surface area contributed by atoms with E-state index >= 15 is 0 Å². The average Bonchev–Trinajstić information content (AvgIpc) is 1.98. The van der Waals surface area contributed by atoms with Gasteiger partial charge in [-0.1, -0.05) is 31.9 Å². The molecule has 0 spiro atoms. The molecule has 0 aliphatic carbocycles. The van der Waals surface area contributed by atoms with Crippen molar-refractivity contribution in [3.8, 4) is 0 Å². The summed E-state index contributed by atoms with van der Waals surface area (Å²) < 4.78 is 4.79. The zero-order chi connectivity index (χ0) is 7.82. The van der Waals surface area contributed by atoms with Crippen LogP contribution in [-0.2, 0) is 9.53 Å². The van der Waals surface area contributed by atoms with Gasteiger partial charge in [0.2, 0.25) is 0 Å². The normalized spacial score (nSPS) is 9.40. The predicted molar refractivity (Wildman–Crippen MR) is 47.8 cm³/mol. The lowest BCUT2D eigenvalue weighted by Crippen LogP contribution is -2.06. The first kappa shape index (κ1) is 10.4. The van der Waals surface area contributed by atoms with Gasteiger partial charge in [0.15, 0.2) is 0 Å². The molecule has 60 valence electrons. The molecule has 0 heterocycles. The summed E-state index contributed by atoms with van der Waals surface area (Å²) in [5.74, 6) is -0.186. The summed E-state index contributed by atoms with van der Waals surface area (Å²) in [6.45, 7) is 0.538. The van der Waals surface area contributed by atoms with Crippen LogP contribution in [0.1, 0.15) is 12.8 Å². The van der Waals surface area contributed by atoms with Crippen molar-refractivity contribution in [3.63, 3.8) is 0 Å². The van der Waals surface area contributed by atoms with E-state index < -0.39 is 0 Å². The Labute approximate surface area is 77.6 Å². The van der Waals surface area contributed by atoms with Crippen molar-refractivity contribution in [1.29, 1.82) is 0 Å². The highest BCUT2D eigenvalue weighted by Crippen LogP contribution is 1.95. The van der Waals surface area contributed by atoms with Gasteiger partial charge in [-0.15, -0.1) is 0 Å². The Balaban J connectivity index is 2.96. The van der Waals surface area contributed by atoms with Crippen molar-refractivity contribution >= 4 is 37.8 Å². The second kappa shape index (κ2) is 7.54.